The summed E-state index contributed by atoms with van der Waals surface area (Å²) in [5, 5.41) is 3.19. The molecule has 0 bridgehead atoms. The molecule has 1 fully saturated rings. The van der Waals surface area contributed by atoms with Gasteiger partial charge in [-0.25, -0.2) is 8.78 Å². The van der Waals surface area contributed by atoms with E-state index in [4.69, 9.17) is 5.53 Å². The highest BCUT2D eigenvalue weighted by molar-refractivity contribution is 6.00. The van der Waals surface area contributed by atoms with Crippen molar-refractivity contribution in [3.8, 4) is 0 Å². The summed E-state index contributed by atoms with van der Waals surface area (Å²) in [6, 6.07) is 0.755. The number of azide groups is 1. The van der Waals surface area contributed by atoms with E-state index >= 15 is 0 Å². The minimum atomic E-state index is -1.22. The Morgan fingerprint density at radius 3 is 2.80 bits per heavy atom. The Bertz CT molecular complexity index is 614. The summed E-state index contributed by atoms with van der Waals surface area (Å²) in [6.45, 7) is 0.344. The van der Waals surface area contributed by atoms with Crippen molar-refractivity contribution in [3.63, 3.8) is 0 Å². The minimum Gasteiger partial charge on any atom is -0.329 e. The number of nitrogens with zero attached hydrogens (tertiary/aromatic N) is 4. The van der Waals surface area contributed by atoms with Crippen LogP contribution in [0.1, 0.15) is 23.2 Å². The van der Waals surface area contributed by atoms with Crippen molar-refractivity contribution in [2.24, 2.45) is 5.11 Å². The normalized spacial score (nSPS) is 17.7. The zero-order valence-corrected chi connectivity index (χ0v) is 10.3. The van der Waals surface area contributed by atoms with Crippen LogP contribution < -0.4 is 0 Å². The molecular formula is C12H10F2N4O2. The topological polar surface area (TPSA) is 86.1 Å². The van der Waals surface area contributed by atoms with Crippen LogP contribution in [-0.2, 0) is 4.79 Å². The van der Waals surface area contributed by atoms with E-state index in [-0.39, 0.29) is 11.3 Å². The zero-order chi connectivity index (χ0) is 14.7. The van der Waals surface area contributed by atoms with Crippen LogP contribution in [0, 0.1) is 11.6 Å². The lowest BCUT2D eigenvalue weighted by Crippen LogP contribution is -2.36. The second-order valence-corrected chi connectivity index (χ2v) is 4.32. The first-order valence-electron chi connectivity index (χ1n) is 5.89. The summed E-state index contributed by atoms with van der Waals surface area (Å²) in [7, 11) is 0. The molecule has 20 heavy (non-hydrogen) atoms. The van der Waals surface area contributed by atoms with Crippen LogP contribution in [0.25, 0.3) is 10.4 Å². The largest absolute Gasteiger partial charge is 0.329 e. The Morgan fingerprint density at radius 2 is 2.15 bits per heavy atom. The molecule has 104 valence electrons. The number of carbonyl (C=O) groups excluding carboxylic acids is 2. The second-order valence-electron chi connectivity index (χ2n) is 4.32. The monoisotopic (exact) mass is 280 g/mol. The third-order valence-electron chi connectivity index (χ3n) is 3.14. The molecule has 1 aliphatic rings. The molecule has 6 nitrogen and oxygen atoms in total. The van der Waals surface area contributed by atoms with E-state index in [1.54, 1.807) is 0 Å². The van der Waals surface area contributed by atoms with Crippen molar-refractivity contribution in [1.82, 2.24) is 4.90 Å². The van der Waals surface area contributed by atoms with Crippen molar-refractivity contribution >= 4 is 17.9 Å². The van der Waals surface area contributed by atoms with Crippen LogP contribution in [0.15, 0.2) is 17.2 Å². The summed E-state index contributed by atoms with van der Waals surface area (Å²) >= 11 is 0. The molecule has 1 atom stereocenters. The standard InChI is InChI=1S/C12H10F2N4O2/c13-9-4-8(11(16-17-15)5-10(9)14)12(20)18-3-1-2-7(18)6-19/h4-7H,1-3H2/t7-/m0/s1. The van der Waals surface area contributed by atoms with E-state index in [1.807, 2.05) is 0 Å². The van der Waals surface area contributed by atoms with Gasteiger partial charge in [-0.15, -0.1) is 0 Å². The number of amides is 1. The highest BCUT2D eigenvalue weighted by atomic mass is 19.2. The average molecular weight is 280 g/mol. The maximum absolute atomic E-state index is 13.3. The fourth-order valence-corrected chi connectivity index (χ4v) is 2.18. The predicted molar refractivity (Wildman–Crippen MR) is 65.3 cm³/mol. The van der Waals surface area contributed by atoms with Gasteiger partial charge in [0.15, 0.2) is 11.6 Å². The molecule has 0 spiro atoms. The van der Waals surface area contributed by atoms with Crippen LogP contribution in [0.2, 0.25) is 0 Å². The van der Waals surface area contributed by atoms with Gasteiger partial charge in [0.05, 0.1) is 17.3 Å². The Hall–Kier alpha value is -2.47. The number of hydrogen-bond acceptors (Lipinski definition) is 3. The molecule has 1 heterocycles. The molecule has 0 unspecified atom stereocenters. The summed E-state index contributed by atoms with van der Waals surface area (Å²) in [5.41, 5.74) is 7.86. The molecular weight excluding hydrogens is 270 g/mol. The maximum Gasteiger partial charge on any atom is 0.255 e. The zero-order valence-electron chi connectivity index (χ0n) is 10.3. The molecule has 0 saturated carbocycles. The van der Waals surface area contributed by atoms with Crippen molar-refractivity contribution in [2.75, 3.05) is 6.54 Å². The summed E-state index contributed by atoms with van der Waals surface area (Å²) < 4.78 is 26.4. The first-order valence-corrected chi connectivity index (χ1v) is 5.89. The van der Waals surface area contributed by atoms with Gasteiger partial charge in [-0.05, 0) is 30.5 Å². The van der Waals surface area contributed by atoms with Crippen molar-refractivity contribution < 1.29 is 18.4 Å². The highest BCUT2D eigenvalue weighted by Crippen LogP contribution is 2.27. The third kappa shape index (κ3) is 2.46. The SMILES string of the molecule is [N-]=[N+]=Nc1cc(F)c(F)cc1C(=O)N1CCC[C@H]1C=O. The minimum absolute atomic E-state index is 0.254. The number of benzene rings is 1. The van der Waals surface area contributed by atoms with Gasteiger partial charge in [0, 0.05) is 11.5 Å². The molecule has 8 heteroatoms. The Morgan fingerprint density at radius 1 is 1.45 bits per heavy atom. The Labute approximate surface area is 112 Å². The molecule has 1 aromatic rings. The number of halogens is 2. The number of carbonyl (C=O) groups is 2. The van der Waals surface area contributed by atoms with Gasteiger partial charge in [0.2, 0.25) is 0 Å². The summed E-state index contributed by atoms with van der Waals surface area (Å²) in [5.74, 6) is -3.08. The van der Waals surface area contributed by atoms with Crippen LogP contribution in [0.5, 0.6) is 0 Å². The maximum atomic E-state index is 13.3. The van der Waals surface area contributed by atoms with Crippen LogP contribution in [0.4, 0.5) is 14.5 Å². The van der Waals surface area contributed by atoms with Gasteiger partial charge in [0.25, 0.3) is 5.91 Å². The van der Waals surface area contributed by atoms with Gasteiger partial charge in [-0.1, -0.05) is 5.11 Å². The molecule has 2 rings (SSSR count). The lowest BCUT2D eigenvalue weighted by Gasteiger charge is -2.21. The molecule has 1 aromatic carbocycles. The van der Waals surface area contributed by atoms with Crippen LogP contribution in [0.3, 0.4) is 0 Å². The fraction of sp³-hybridized carbons (Fsp3) is 0.333. The molecule has 1 aliphatic heterocycles. The van der Waals surface area contributed by atoms with E-state index in [9.17, 15) is 18.4 Å². The van der Waals surface area contributed by atoms with Crippen molar-refractivity contribution in [1.29, 1.82) is 0 Å². The van der Waals surface area contributed by atoms with E-state index in [2.05, 4.69) is 10.0 Å². The van der Waals surface area contributed by atoms with Crippen LogP contribution in [-0.4, -0.2) is 29.7 Å². The van der Waals surface area contributed by atoms with E-state index in [0.717, 1.165) is 0 Å². The average Bonchev–Trinajstić information content (AvgIpc) is 2.90. The lowest BCUT2D eigenvalue weighted by atomic mass is 10.1. The van der Waals surface area contributed by atoms with E-state index in [0.29, 0.717) is 37.8 Å². The van der Waals surface area contributed by atoms with E-state index < -0.39 is 23.6 Å². The molecule has 0 aliphatic carbocycles. The quantitative estimate of drug-likeness (QED) is 0.369. The Balaban J connectivity index is 2.45. The third-order valence-corrected chi connectivity index (χ3v) is 3.14. The molecule has 0 aromatic heterocycles. The number of rotatable bonds is 3. The summed E-state index contributed by atoms with van der Waals surface area (Å²) in [6.07, 6.45) is 1.81. The molecule has 0 radical (unpaired) electrons. The van der Waals surface area contributed by atoms with Gasteiger partial charge in [0.1, 0.15) is 6.29 Å². The number of hydrogen-bond donors (Lipinski definition) is 0. The van der Waals surface area contributed by atoms with Gasteiger partial charge >= 0.3 is 0 Å². The summed E-state index contributed by atoms with van der Waals surface area (Å²) in [4.78, 5) is 26.9. The smallest absolute Gasteiger partial charge is 0.255 e. The number of aldehydes is 1. The first kappa shape index (κ1) is 14.0. The predicted octanol–water partition coefficient (Wildman–Crippen LogP) is 2.71. The second kappa shape index (κ2) is 5.66. The number of likely N-dealkylation sites (tertiary alicyclic amines) is 1. The van der Waals surface area contributed by atoms with E-state index in [1.165, 1.54) is 4.90 Å². The van der Waals surface area contributed by atoms with Crippen molar-refractivity contribution in [2.45, 2.75) is 18.9 Å². The molecule has 1 saturated heterocycles. The lowest BCUT2D eigenvalue weighted by molar-refractivity contribution is -0.111. The molecule has 0 N–H and O–H groups in total. The first-order chi connectivity index (χ1) is 9.58. The van der Waals surface area contributed by atoms with Gasteiger partial charge < -0.3 is 9.69 Å². The fourth-order valence-electron chi connectivity index (χ4n) is 2.18. The Kier molecular flexibility index (Phi) is 3.95. The van der Waals surface area contributed by atoms with Crippen LogP contribution >= 0.6 is 0 Å². The molecule has 1 amide bonds. The highest BCUT2D eigenvalue weighted by Gasteiger charge is 2.30. The van der Waals surface area contributed by atoms with Gasteiger partial charge in [-0.3, -0.25) is 4.79 Å². The van der Waals surface area contributed by atoms with Gasteiger partial charge in [-0.2, -0.15) is 0 Å². The van der Waals surface area contributed by atoms with Crippen molar-refractivity contribution in [3.05, 3.63) is 39.8 Å².